The van der Waals surface area contributed by atoms with Gasteiger partial charge in [0.25, 0.3) is 0 Å². The van der Waals surface area contributed by atoms with Crippen molar-refractivity contribution in [1.29, 1.82) is 0 Å². The smallest absolute Gasteiger partial charge is 0.234 e. The molecule has 4 nitrogen and oxygen atoms in total. The van der Waals surface area contributed by atoms with Crippen LogP contribution in [0, 0.1) is 0 Å². The third-order valence-electron chi connectivity index (χ3n) is 3.53. The fourth-order valence-corrected chi connectivity index (χ4v) is 2.93. The van der Waals surface area contributed by atoms with E-state index in [-0.39, 0.29) is 18.0 Å². The molecule has 2 N–H and O–H groups in total. The van der Waals surface area contributed by atoms with Crippen LogP contribution in [0.5, 0.6) is 0 Å². The lowest BCUT2D eigenvalue weighted by Crippen LogP contribution is -2.43. The van der Waals surface area contributed by atoms with E-state index in [1.54, 1.807) is 0 Å². The van der Waals surface area contributed by atoms with E-state index in [9.17, 15) is 4.79 Å². The Hall–Kier alpha value is -0.910. The number of hydrogen-bond donors (Lipinski definition) is 2. The highest BCUT2D eigenvalue weighted by molar-refractivity contribution is 9.10. The number of ether oxygens (including phenoxy) is 1. The molecule has 0 bridgehead atoms. The van der Waals surface area contributed by atoms with Crippen molar-refractivity contribution >= 4 is 21.8 Å². The minimum Gasteiger partial charge on any atom is -0.381 e. The molecule has 110 valence electrons. The van der Waals surface area contributed by atoms with Crippen molar-refractivity contribution in [3.05, 3.63) is 34.3 Å². The second-order valence-electron chi connectivity index (χ2n) is 5.08. The van der Waals surface area contributed by atoms with Gasteiger partial charge in [0, 0.05) is 29.8 Å². The maximum Gasteiger partial charge on any atom is 0.234 e. The zero-order chi connectivity index (χ0) is 14.4. The van der Waals surface area contributed by atoms with Gasteiger partial charge in [-0.15, -0.1) is 0 Å². The first-order valence-electron chi connectivity index (χ1n) is 7.01. The van der Waals surface area contributed by atoms with Crippen molar-refractivity contribution in [3.63, 3.8) is 0 Å². The molecule has 2 rings (SSSR count). The van der Waals surface area contributed by atoms with Crippen LogP contribution in [0.3, 0.4) is 0 Å². The van der Waals surface area contributed by atoms with E-state index >= 15 is 0 Å². The largest absolute Gasteiger partial charge is 0.381 e. The molecular weight excluding hydrogens is 320 g/mol. The predicted molar refractivity (Wildman–Crippen MR) is 82.5 cm³/mol. The Morgan fingerprint density at radius 1 is 1.40 bits per heavy atom. The molecule has 0 radical (unpaired) electrons. The number of carbonyl (C=O) groups excluding carboxylic acids is 1. The molecule has 0 aromatic heterocycles. The van der Waals surface area contributed by atoms with E-state index in [2.05, 4.69) is 39.6 Å². The number of rotatable bonds is 5. The van der Waals surface area contributed by atoms with Crippen LogP contribution < -0.4 is 10.6 Å². The first-order chi connectivity index (χ1) is 9.66. The van der Waals surface area contributed by atoms with Gasteiger partial charge in [-0.2, -0.15) is 0 Å². The van der Waals surface area contributed by atoms with Crippen LogP contribution in [-0.4, -0.2) is 31.7 Å². The second-order valence-corrected chi connectivity index (χ2v) is 5.93. The zero-order valence-corrected chi connectivity index (χ0v) is 13.3. The molecule has 20 heavy (non-hydrogen) atoms. The summed E-state index contributed by atoms with van der Waals surface area (Å²) in [6.07, 6.45) is 1.82. The van der Waals surface area contributed by atoms with Crippen LogP contribution in [0.4, 0.5) is 0 Å². The molecule has 1 fully saturated rings. The van der Waals surface area contributed by atoms with Gasteiger partial charge in [-0.05, 0) is 31.4 Å². The van der Waals surface area contributed by atoms with Crippen LogP contribution in [0.15, 0.2) is 28.7 Å². The van der Waals surface area contributed by atoms with E-state index in [4.69, 9.17) is 4.74 Å². The Kier molecular flexibility index (Phi) is 6.01. The van der Waals surface area contributed by atoms with Gasteiger partial charge in [0.05, 0.1) is 6.54 Å². The molecule has 1 saturated heterocycles. The van der Waals surface area contributed by atoms with Crippen molar-refractivity contribution in [2.45, 2.75) is 31.8 Å². The molecule has 0 saturated carbocycles. The van der Waals surface area contributed by atoms with Crippen molar-refractivity contribution in [3.8, 4) is 0 Å². The van der Waals surface area contributed by atoms with Crippen LogP contribution >= 0.6 is 15.9 Å². The third-order valence-corrected chi connectivity index (χ3v) is 4.25. The Balaban J connectivity index is 1.76. The van der Waals surface area contributed by atoms with Crippen LogP contribution in [0.2, 0.25) is 0 Å². The minimum atomic E-state index is 0.0517. The first kappa shape index (κ1) is 15.5. The number of benzene rings is 1. The highest BCUT2D eigenvalue weighted by atomic mass is 79.9. The molecule has 1 aromatic rings. The summed E-state index contributed by atoms with van der Waals surface area (Å²) < 4.78 is 6.34. The number of hydrogen-bond acceptors (Lipinski definition) is 3. The Morgan fingerprint density at radius 2 is 2.10 bits per heavy atom. The van der Waals surface area contributed by atoms with Crippen LogP contribution in [0.25, 0.3) is 0 Å². The van der Waals surface area contributed by atoms with Crippen molar-refractivity contribution in [1.82, 2.24) is 10.6 Å². The van der Waals surface area contributed by atoms with Gasteiger partial charge >= 0.3 is 0 Å². The van der Waals surface area contributed by atoms with Gasteiger partial charge < -0.3 is 15.4 Å². The zero-order valence-electron chi connectivity index (χ0n) is 11.7. The van der Waals surface area contributed by atoms with E-state index in [0.29, 0.717) is 6.54 Å². The summed E-state index contributed by atoms with van der Waals surface area (Å²) in [7, 11) is 0. The Bertz CT molecular complexity index is 447. The van der Waals surface area contributed by atoms with E-state index in [1.165, 1.54) is 0 Å². The second kappa shape index (κ2) is 7.76. The van der Waals surface area contributed by atoms with Crippen LogP contribution in [0.1, 0.15) is 31.4 Å². The molecule has 0 aliphatic carbocycles. The highest BCUT2D eigenvalue weighted by Gasteiger charge is 2.16. The molecule has 5 heteroatoms. The third kappa shape index (κ3) is 4.58. The van der Waals surface area contributed by atoms with Gasteiger partial charge in [-0.25, -0.2) is 0 Å². The summed E-state index contributed by atoms with van der Waals surface area (Å²) in [4.78, 5) is 11.9. The molecule has 1 aromatic carbocycles. The summed E-state index contributed by atoms with van der Waals surface area (Å²) >= 11 is 3.53. The molecule has 0 spiro atoms. The lowest BCUT2D eigenvalue weighted by Gasteiger charge is -2.23. The molecule has 1 amide bonds. The standard InChI is InChI=1S/C15H21BrN2O2/c1-11(13-4-2-3-5-14(13)16)17-10-15(19)18-12-6-8-20-9-7-12/h2-5,11-12,17H,6-10H2,1H3,(H,18,19)/t11-/m1/s1. The summed E-state index contributed by atoms with van der Waals surface area (Å²) in [6, 6.07) is 8.44. The fraction of sp³-hybridized carbons (Fsp3) is 0.533. The SMILES string of the molecule is C[C@@H](NCC(=O)NC1CCOCC1)c1ccccc1Br. The number of carbonyl (C=O) groups is 1. The monoisotopic (exact) mass is 340 g/mol. The van der Waals surface area contributed by atoms with Gasteiger partial charge in [0.1, 0.15) is 0 Å². The van der Waals surface area contributed by atoms with Crippen molar-refractivity contribution < 1.29 is 9.53 Å². The van der Waals surface area contributed by atoms with E-state index < -0.39 is 0 Å². The number of amides is 1. The lowest BCUT2D eigenvalue weighted by molar-refractivity contribution is -0.121. The summed E-state index contributed by atoms with van der Waals surface area (Å²) in [5.41, 5.74) is 1.16. The lowest BCUT2D eigenvalue weighted by atomic mass is 10.1. The highest BCUT2D eigenvalue weighted by Crippen LogP contribution is 2.22. The van der Waals surface area contributed by atoms with Crippen LogP contribution in [-0.2, 0) is 9.53 Å². The van der Waals surface area contributed by atoms with Gasteiger partial charge in [0.15, 0.2) is 0 Å². The minimum absolute atomic E-state index is 0.0517. The van der Waals surface area contributed by atoms with E-state index in [0.717, 1.165) is 36.1 Å². The Morgan fingerprint density at radius 3 is 2.80 bits per heavy atom. The fourth-order valence-electron chi connectivity index (χ4n) is 2.30. The predicted octanol–water partition coefficient (Wildman–Crippen LogP) is 2.39. The number of nitrogens with one attached hydrogen (secondary N) is 2. The summed E-state index contributed by atoms with van der Waals surface area (Å²) in [6.45, 7) is 3.87. The average Bonchev–Trinajstić information content (AvgIpc) is 2.46. The molecule has 1 atom stereocenters. The number of halogens is 1. The average molecular weight is 341 g/mol. The van der Waals surface area contributed by atoms with Crippen molar-refractivity contribution in [2.24, 2.45) is 0 Å². The molecule has 0 unspecified atom stereocenters. The first-order valence-corrected chi connectivity index (χ1v) is 7.81. The van der Waals surface area contributed by atoms with E-state index in [1.807, 2.05) is 18.2 Å². The molecule has 1 heterocycles. The summed E-state index contributed by atoms with van der Waals surface area (Å²) in [5, 5.41) is 6.30. The maximum atomic E-state index is 11.9. The quantitative estimate of drug-likeness (QED) is 0.865. The molecule has 1 aliphatic rings. The molecule has 1 aliphatic heterocycles. The Labute approximate surface area is 128 Å². The topological polar surface area (TPSA) is 50.4 Å². The van der Waals surface area contributed by atoms with Crippen molar-refractivity contribution in [2.75, 3.05) is 19.8 Å². The normalized spacial score (nSPS) is 17.7. The summed E-state index contributed by atoms with van der Waals surface area (Å²) in [5.74, 6) is 0.0517. The van der Waals surface area contributed by atoms with Gasteiger partial charge in [-0.1, -0.05) is 34.1 Å². The maximum absolute atomic E-state index is 11.9. The van der Waals surface area contributed by atoms with Gasteiger partial charge in [0.2, 0.25) is 5.91 Å². The van der Waals surface area contributed by atoms with Gasteiger partial charge in [-0.3, -0.25) is 4.79 Å². The molecular formula is C15H21BrN2O2.